The Morgan fingerprint density at radius 3 is 2.31 bits per heavy atom. The van der Waals surface area contributed by atoms with E-state index in [1.165, 1.54) is 25.9 Å². The lowest BCUT2D eigenvalue weighted by molar-refractivity contribution is -0.138. The first-order valence-corrected chi connectivity index (χ1v) is 14.4. The van der Waals surface area contributed by atoms with Crippen LogP contribution in [0.2, 0.25) is 0 Å². The maximum absolute atomic E-state index is 13.7. The average molecular weight is 510 g/mol. The van der Waals surface area contributed by atoms with Crippen molar-refractivity contribution in [2.45, 2.75) is 37.2 Å². The maximum Gasteiger partial charge on any atom is 0.243 e. The van der Waals surface area contributed by atoms with Gasteiger partial charge < -0.3 is 4.90 Å². The standard InChI is InChI=1S/C27H31N3O3S2/c1-20-8-6-7-11-23(20)26-24-13-19-34-25(24)12-14-30(26)21(2)27(31)28-15-17-29(18-16-28)35(32,33)22-9-4-3-5-10-22/h3-11,13,19,21,26H,12,14-18H2,1-2H3/t21-,26-/m1/s1. The fraction of sp³-hybridized carbons (Fsp3) is 0.370. The second-order valence-electron chi connectivity index (χ2n) is 9.26. The molecule has 0 spiro atoms. The molecule has 0 saturated carbocycles. The van der Waals surface area contributed by atoms with Crippen LogP contribution in [-0.4, -0.2) is 67.2 Å². The third kappa shape index (κ3) is 4.56. The predicted octanol–water partition coefficient (Wildman–Crippen LogP) is 3.93. The summed E-state index contributed by atoms with van der Waals surface area (Å²) in [5, 5.41) is 2.15. The molecule has 35 heavy (non-hydrogen) atoms. The van der Waals surface area contributed by atoms with E-state index in [2.05, 4.69) is 47.5 Å². The van der Waals surface area contributed by atoms with Crippen molar-refractivity contribution < 1.29 is 13.2 Å². The summed E-state index contributed by atoms with van der Waals surface area (Å²) in [4.78, 5) is 19.5. The minimum Gasteiger partial charge on any atom is -0.339 e. The van der Waals surface area contributed by atoms with Crippen LogP contribution in [0.15, 0.2) is 70.9 Å². The van der Waals surface area contributed by atoms with E-state index >= 15 is 0 Å². The number of piperazine rings is 1. The van der Waals surface area contributed by atoms with Gasteiger partial charge in [-0.1, -0.05) is 42.5 Å². The number of rotatable bonds is 5. The molecule has 1 amide bonds. The number of nitrogens with zero attached hydrogens (tertiary/aromatic N) is 3. The molecule has 6 nitrogen and oxygen atoms in total. The van der Waals surface area contributed by atoms with Gasteiger partial charge in [-0.2, -0.15) is 4.31 Å². The first-order valence-electron chi connectivity index (χ1n) is 12.1. The van der Waals surface area contributed by atoms with Crippen molar-refractivity contribution in [3.8, 4) is 0 Å². The van der Waals surface area contributed by atoms with Gasteiger partial charge in [0.15, 0.2) is 0 Å². The van der Waals surface area contributed by atoms with Gasteiger partial charge in [0, 0.05) is 37.6 Å². The molecule has 0 radical (unpaired) electrons. The third-order valence-corrected chi connectivity index (χ3v) is 10.2. The van der Waals surface area contributed by atoms with Crippen molar-refractivity contribution in [2.24, 2.45) is 0 Å². The van der Waals surface area contributed by atoms with E-state index in [4.69, 9.17) is 0 Å². The Morgan fingerprint density at radius 2 is 1.60 bits per heavy atom. The number of amides is 1. The molecule has 2 aliphatic heterocycles. The van der Waals surface area contributed by atoms with E-state index < -0.39 is 10.0 Å². The Labute approximate surface area is 211 Å². The number of benzene rings is 2. The van der Waals surface area contributed by atoms with Crippen LogP contribution < -0.4 is 0 Å². The van der Waals surface area contributed by atoms with Crippen LogP contribution in [0.5, 0.6) is 0 Å². The highest BCUT2D eigenvalue weighted by molar-refractivity contribution is 7.89. The van der Waals surface area contributed by atoms with E-state index in [1.54, 1.807) is 41.7 Å². The molecular formula is C27H31N3O3S2. The molecule has 3 heterocycles. The average Bonchev–Trinajstić information content (AvgIpc) is 3.37. The van der Waals surface area contributed by atoms with Crippen molar-refractivity contribution in [3.05, 3.63) is 87.6 Å². The lowest BCUT2D eigenvalue weighted by atomic mass is 9.89. The van der Waals surface area contributed by atoms with Gasteiger partial charge in [0.25, 0.3) is 0 Å². The van der Waals surface area contributed by atoms with Gasteiger partial charge in [-0.05, 0) is 60.5 Å². The second kappa shape index (κ2) is 9.85. The third-order valence-electron chi connectivity index (χ3n) is 7.27. The molecule has 0 bridgehead atoms. The number of aryl methyl sites for hydroxylation is 1. The molecule has 1 aromatic heterocycles. The van der Waals surface area contributed by atoms with Crippen LogP contribution in [0.3, 0.4) is 0 Å². The van der Waals surface area contributed by atoms with Gasteiger partial charge in [-0.25, -0.2) is 8.42 Å². The van der Waals surface area contributed by atoms with E-state index in [-0.39, 0.29) is 18.0 Å². The highest BCUT2D eigenvalue weighted by Crippen LogP contribution is 2.40. The molecule has 2 aliphatic rings. The second-order valence-corrected chi connectivity index (χ2v) is 12.2. The summed E-state index contributed by atoms with van der Waals surface area (Å²) in [6.07, 6.45) is 0.941. The topological polar surface area (TPSA) is 60.9 Å². The molecule has 5 rings (SSSR count). The molecule has 184 valence electrons. The lowest BCUT2D eigenvalue weighted by Gasteiger charge is -2.42. The molecular weight excluding hydrogens is 478 g/mol. The Hall–Kier alpha value is -2.52. The number of carbonyl (C=O) groups excluding carboxylic acids is 1. The van der Waals surface area contributed by atoms with Crippen LogP contribution in [0.25, 0.3) is 0 Å². The molecule has 3 aromatic rings. The zero-order valence-corrected chi connectivity index (χ0v) is 21.8. The predicted molar refractivity (Wildman–Crippen MR) is 139 cm³/mol. The van der Waals surface area contributed by atoms with Crippen LogP contribution >= 0.6 is 11.3 Å². The van der Waals surface area contributed by atoms with Gasteiger partial charge in [-0.3, -0.25) is 9.69 Å². The van der Waals surface area contributed by atoms with Crippen LogP contribution in [0, 0.1) is 6.92 Å². The van der Waals surface area contributed by atoms with Gasteiger partial charge in [-0.15, -0.1) is 11.3 Å². The first-order chi connectivity index (χ1) is 16.9. The molecule has 0 unspecified atom stereocenters. The summed E-state index contributed by atoms with van der Waals surface area (Å²) in [7, 11) is -3.54. The number of thiophene rings is 1. The summed E-state index contributed by atoms with van der Waals surface area (Å²) >= 11 is 1.80. The largest absolute Gasteiger partial charge is 0.339 e. The van der Waals surface area contributed by atoms with E-state index in [1.807, 2.05) is 11.8 Å². The lowest BCUT2D eigenvalue weighted by Crippen LogP contribution is -2.56. The summed E-state index contributed by atoms with van der Waals surface area (Å²) < 4.78 is 27.5. The van der Waals surface area contributed by atoms with Crippen molar-refractivity contribution in [1.82, 2.24) is 14.1 Å². The van der Waals surface area contributed by atoms with Crippen LogP contribution in [0.1, 0.15) is 34.5 Å². The van der Waals surface area contributed by atoms with E-state index in [0.717, 1.165) is 13.0 Å². The van der Waals surface area contributed by atoms with E-state index in [0.29, 0.717) is 31.1 Å². The summed E-state index contributed by atoms with van der Waals surface area (Å²) in [6.45, 7) is 6.38. The minimum absolute atomic E-state index is 0.0462. The molecule has 0 aliphatic carbocycles. The normalized spacial score (nSPS) is 20.4. The fourth-order valence-corrected chi connectivity index (χ4v) is 7.64. The van der Waals surface area contributed by atoms with Gasteiger partial charge in [0.2, 0.25) is 15.9 Å². The van der Waals surface area contributed by atoms with Crippen molar-refractivity contribution in [1.29, 1.82) is 0 Å². The number of sulfonamides is 1. The number of fused-ring (bicyclic) bond motifs is 1. The van der Waals surface area contributed by atoms with Gasteiger partial charge in [0.05, 0.1) is 17.0 Å². The maximum atomic E-state index is 13.7. The summed E-state index contributed by atoms with van der Waals surface area (Å²) in [6, 6.07) is 18.9. The highest BCUT2D eigenvalue weighted by Gasteiger charge is 2.38. The number of hydrogen-bond acceptors (Lipinski definition) is 5. The SMILES string of the molecule is Cc1ccccc1[C@@H]1c2ccsc2CCN1[C@H](C)C(=O)N1CCN(S(=O)(=O)c2ccccc2)CC1. The van der Waals surface area contributed by atoms with Gasteiger partial charge in [0.1, 0.15) is 0 Å². The van der Waals surface area contributed by atoms with Crippen molar-refractivity contribution in [2.75, 3.05) is 32.7 Å². The first kappa shape index (κ1) is 24.2. The molecule has 1 saturated heterocycles. The minimum atomic E-state index is -3.54. The zero-order valence-electron chi connectivity index (χ0n) is 20.1. The quantitative estimate of drug-likeness (QED) is 0.523. The number of carbonyl (C=O) groups is 1. The van der Waals surface area contributed by atoms with Crippen molar-refractivity contribution in [3.63, 3.8) is 0 Å². The van der Waals surface area contributed by atoms with Crippen molar-refractivity contribution >= 4 is 27.3 Å². The Balaban J connectivity index is 1.33. The Kier molecular flexibility index (Phi) is 6.81. The fourth-order valence-electron chi connectivity index (χ4n) is 5.29. The number of hydrogen-bond donors (Lipinski definition) is 0. The van der Waals surface area contributed by atoms with Crippen LogP contribution in [-0.2, 0) is 21.2 Å². The molecule has 8 heteroatoms. The highest BCUT2D eigenvalue weighted by atomic mass is 32.2. The molecule has 1 fully saturated rings. The Morgan fingerprint density at radius 1 is 0.914 bits per heavy atom. The molecule has 0 N–H and O–H groups in total. The molecule has 2 aromatic carbocycles. The zero-order chi connectivity index (χ0) is 24.6. The van der Waals surface area contributed by atoms with E-state index in [9.17, 15) is 13.2 Å². The molecule has 2 atom stereocenters. The van der Waals surface area contributed by atoms with Crippen LogP contribution in [0.4, 0.5) is 0 Å². The summed E-state index contributed by atoms with van der Waals surface area (Å²) in [5.41, 5.74) is 3.76. The van der Waals surface area contributed by atoms with Gasteiger partial charge >= 0.3 is 0 Å². The summed E-state index contributed by atoms with van der Waals surface area (Å²) in [5.74, 6) is 0.0685. The smallest absolute Gasteiger partial charge is 0.243 e. The Bertz CT molecular complexity index is 1300. The monoisotopic (exact) mass is 509 g/mol.